The van der Waals surface area contributed by atoms with E-state index in [2.05, 4.69) is 10.5 Å². The number of nitrogens with one attached hydrogen (secondary N) is 1. The lowest BCUT2D eigenvalue weighted by Crippen LogP contribution is -2.16. The first-order valence-electron chi connectivity index (χ1n) is 8.25. The molecule has 1 heterocycles. The molecule has 0 aliphatic carbocycles. The lowest BCUT2D eigenvalue weighted by atomic mass is 10.1. The Morgan fingerprint density at radius 1 is 1.29 bits per heavy atom. The summed E-state index contributed by atoms with van der Waals surface area (Å²) in [6.07, 6.45) is 0. The van der Waals surface area contributed by atoms with Gasteiger partial charge in [-0.05, 0) is 43.7 Å². The van der Waals surface area contributed by atoms with E-state index in [1.807, 2.05) is 0 Å². The second kappa shape index (κ2) is 8.10. The number of anilines is 1. The number of ether oxygens (including phenoxy) is 1. The number of amides is 1. The number of hydrogen-bond donors (Lipinski definition) is 1. The van der Waals surface area contributed by atoms with Gasteiger partial charge >= 0.3 is 0 Å². The van der Waals surface area contributed by atoms with Crippen molar-refractivity contribution in [2.45, 2.75) is 20.5 Å². The highest BCUT2D eigenvalue weighted by molar-refractivity contribution is 6.30. The third-order valence-electron chi connectivity index (χ3n) is 3.98. The SMILES string of the molecule is Cc1ccc(NC(=O)c2noc(C)c2COc2cccc(Cl)c2)c([N+](=O)[O-])c1. The van der Waals surface area contributed by atoms with Crippen LogP contribution in [-0.4, -0.2) is 16.0 Å². The average molecular weight is 402 g/mol. The highest BCUT2D eigenvalue weighted by Crippen LogP contribution is 2.27. The van der Waals surface area contributed by atoms with Crippen LogP contribution in [0.15, 0.2) is 47.0 Å². The predicted octanol–water partition coefficient (Wildman–Crippen LogP) is 4.68. The maximum absolute atomic E-state index is 12.6. The molecule has 3 aromatic rings. The topological polar surface area (TPSA) is 108 Å². The summed E-state index contributed by atoms with van der Waals surface area (Å²) in [4.78, 5) is 23.3. The lowest BCUT2D eigenvalue weighted by molar-refractivity contribution is -0.384. The van der Waals surface area contributed by atoms with Crippen LogP contribution in [0.2, 0.25) is 5.02 Å². The number of carbonyl (C=O) groups excluding carboxylic acids is 1. The molecule has 144 valence electrons. The van der Waals surface area contributed by atoms with Crippen molar-refractivity contribution in [2.75, 3.05) is 5.32 Å². The van der Waals surface area contributed by atoms with Gasteiger partial charge < -0.3 is 14.6 Å². The van der Waals surface area contributed by atoms with Crippen LogP contribution in [0.3, 0.4) is 0 Å². The molecule has 8 nitrogen and oxygen atoms in total. The molecule has 1 aromatic heterocycles. The van der Waals surface area contributed by atoms with E-state index in [-0.39, 0.29) is 23.7 Å². The number of hydrogen-bond acceptors (Lipinski definition) is 6. The van der Waals surface area contributed by atoms with Gasteiger partial charge in [0, 0.05) is 11.1 Å². The van der Waals surface area contributed by atoms with E-state index in [0.717, 1.165) is 0 Å². The van der Waals surface area contributed by atoms with Gasteiger partial charge in [0.25, 0.3) is 11.6 Å². The van der Waals surface area contributed by atoms with Gasteiger partial charge in [-0.2, -0.15) is 0 Å². The van der Waals surface area contributed by atoms with E-state index < -0.39 is 10.8 Å². The molecule has 1 N–H and O–H groups in total. The molecule has 28 heavy (non-hydrogen) atoms. The number of aryl methyl sites for hydroxylation is 2. The average Bonchev–Trinajstić information content (AvgIpc) is 3.02. The quantitative estimate of drug-likeness (QED) is 0.474. The monoisotopic (exact) mass is 401 g/mol. The Hall–Kier alpha value is -3.39. The third kappa shape index (κ3) is 4.29. The number of carbonyl (C=O) groups is 1. The van der Waals surface area contributed by atoms with Crippen molar-refractivity contribution in [1.82, 2.24) is 5.16 Å². The van der Waals surface area contributed by atoms with Crippen molar-refractivity contribution >= 4 is 28.9 Å². The van der Waals surface area contributed by atoms with E-state index in [1.54, 1.807) is 44.2 Å². The van der Waals surface area contributed by atoms with Gasteiger partial charge in [-0.25, -0.2) is 0 Å². The lowest BCUT2D eigenvalue weighted by Gasteiger charge is -2.08. The van der Waals surface area contributed by atoms with Crippen LogP contribution >= 0.6 is 11.6 Å². The van der Waals surface area contributed by atoms with E-state index >= 15 is 0 Å². The fourth-order valence-corrected chi connectivity index (χ4v) is 2.71. The zero-order valence-electron chi connectivity index (χ0n) is 15.1. The van der Waals surface area contributed by atoms with Crippen molar-refractivity contribution in [3.05, 3.63) is 80.2 Å². The molecule has 0 radical (unpaired) electrons. The van der Waals surface area contributed by atoms with Gasteiger partial charge in [0.1, 0.15) is 23.8 Å². The number of nitro groups is 1. The molecular weight excluding hydrogens is 386 g/mol. The first-order valence-corrected chi connectivity index (χ1v) is 8.63. The maximum Gasteiger partial charge on any atom is 0.293 e. The fourth-order valence-electron chi connectivity index (χ4n) is 2.53. The Labute approximate surface area is 165 Å². The molecule has 0 fully saturated rings. The van der Waals surface area contributed by atoms with Crippen LogP contribution in [0.1, 0.15) is 27.4 Å². The first-order chi connectivity index (χ1) is 13.3. The Kier molecular flexibility index (Phi) is 5.60. The molecule has 0 aliphatic heterocycles. The normalized spacial score (nSPS) is 10.5. The highest BCUT2D eigenvalue weighted by Gasteiger charge is 2.23. The zero-order valence-corrected chi connectivity index (χ0v) is 15.8. The minimum Gasteiger partial charge on any atom is -0.489 e. The molecule has 3 rings (SSSR count). The van der Waals surface area contributed by atoms with Gasteiger partial charge in [-0.3, -0.25) is 14.9 Å². The molecular formula is C19H16ClN3O5. The Morgan fingerprint density at radius 2 is 2.07 bits per heavy atom. The number of halogens is 1. The van der Waals surface area contributed by atoms with Gasteiger partial charge in [0.2, 0.25) is 0 Å². The number of benzene rings is 2. The summed E-state index contributed by atoms with van der Waals surface area (Å²) < 4.78 is 10.8. The number of rotatable bonds is 6. The summed E-state index contributed by atoms with van der Waals surface area (Å²) in [5.41, 5.74) is 1.01. The molecule has 0 spiro atoms. The highest BCUT2D eigenvalue weighted by atomic mass is 35.5. The number of nitrogens with zero attached hydrogens (tertiary/aromatic N) is 2. The summed E-state index contributed by atoms with van der Waals surface area (Å²) in [6.45, 7) is 3.40. The number of aromatic nitrogens is 1. The van der Waals surface area contributed by atoms with Crippen molar-refractivity contribution in [2.24, 2.45) is 0 Å². The van der Waals surface area contributed by atoms with Crippen molar-refractivity contribution in [3.8, 4) is 5.75 Å². The molecule has 0 saturated heterocycles. The van der Waals surface area contributed by atoms with Gasteiger partial charge in [-0.1, -0.05) is 28.9 Å². The molecule has 0 aliphatic rings. The molecule has 9 heteroatoms. The van der Waals surface area contributed by atoms with E-state index in [0.29, 0.717) is 27.7 Å². The fraction of sp³-hybridized carbons (Fsp3) is 0.158. The van der Waals surface area contributed by atoms with E-state index in [1.165, 1.54) is 12.1 Å². The Bertz CT molecular complexity index is 1050. The maximum atomic E-state index is 12.6. The summed E-state index contributed by atoms with van der Waals surface area (Å²) >= 11 is 5.93. The second-order valence-electron chi connectivity index (χ2n) is 6.04. The first kappa shape index (κ1) is 19.4. The van der Waals surface area contributed by atoms with Crippen LogP contribution in [0.4, 0.5) is 11.4 Å². The van der Waals surface area contributed by atoms with Gasteiger partial charge in [0.15, 0.2) is 5.69 Å². The zero-order chi connectivity index (χ0) is 20.3. The molecule has 0 bridgehead atoms. The molecule has 0 unspecified atom stereocenters. The minimum atomic E-state index is -0.631. The minimum absolute atomic E-state index is 0.00518. The molecule has 2 aromatic carbocycles. The van der Waals surface area contributed by atoms with Crippen LogP contribution in [0.5, 0.6) is 5.75 Å². The van der Waals surface area contributed by atoms with Crippen molar-refractivity contribution in [3.63, 3.8) is 0 Å². The van der Waals surface area contributed by atoms with Crippen LogP contribution in [-0.2, 0) is 6.61 Å². The number of nitro benzene ring substituents is 1. The smallest absolute Gasteiger partial charge is 0.293 e. The Morgan fingerprint density at radius 3 is 2.79 bits per heavy atom. The van der Waals surface area contributed by atoms with Crippen LogP contribution in [0, 0.1) is 24.0 Å². The molecule has 0 atom stereocenters. The summed E-state index contributed by atoms with van der Waals surface area (Å²) in [6, 6.07) is 11.3. The van der Waals surface area contributed by atoms with Crippen molar-refractivity contribution in [1.29, 1.82) is 0 Å². The summed E-state index contributed by atoms with van der Waals surface area (Å²) in [7, 11) is 0. The van der Waals surface area contributed by atoms with Gasteiger partial charge in [0.05, 0.1) is 10.5 Å². The van der Waals surface area contributed by atoms with Crippen molar-refractivity contribution < 1.29 is 19.0 Å². The Balaban J connectivity index is 1.81. The summed E-state index contributed by atoms with van der Waals surface area (Å²) in [5, 5.41) is 18.0. The molecule has 0 saturated carbocycles. The standard InChI is InChI=1S/C19H16ClN3O5/c1-11-6-7-16(17(8-11)23(25)26)21-19(24)18-15(12(2)28-22-18)10-27-14-5-3-4-13(20)9-14/h3-9H,10H2,1-2H3,(H,21,24). The van der Waals surface area contributed by atoms with E-state index in [4.69, 9.17) is 20.9 Å². The third-order valence-corrected chi connectivity index (χ3v) is 4.21. The van der Waals surface area contributed by atoms with Crippen LogP contribution in [0.25, 0.3) is 0 Å². The van der Waals surface area contributed by atoms with E-state index in [9.17, 15) is 14.9 Å². The predicted molar refractivity (Wildman–Crippen MR) is 103 cm³/mol. The largest absolute Gasteiger partial charge is 0.489 e. The van der Waals surface area contributed by atoms with Crippen LogP contribution < -0.4 is 10.1 Å². The van der Waals surface area contributed by atoms with Gasteiger partial charge in [-0.15, -0.1) is 0 Å². The summed E-state index contributed by atoms with van der Waals surface area (Å²) in [5.74, 6) is 0.299. The second-order valence-corrected chi connectivity index (χ2v) is 6.48. The molecule has 1 amide bonds.